The van der Waals surface area contributed by atoms with Gasteiger partial charge in [-0.25, -0.2) is 4.90 Å². The maximum atomic E-state index is 12.5. The van der Waals surface area contributed by atoms with E-state index in [0.717, 1.165) is 4.90 Å². The smallest absolute Gasteiger partial charge is 0.269 e. The van der Waals surface area contributed by atoms with Crippen LogP contribution in [0.5, 0.6) is 0 Å². The van der Waals surface area contributed by atoms with Gasteiger partial charge in [0, 0.05) is 23.4 Å². The first-order chi connectivity index (χ1) is 14.0. The summed E-state index contributed by atoms with van der Waals surface area (Å²) in [6.45, 7) is 0. The Morgan fingerprint density at radius 3 is 1.90 bits per heavy atom. The number of hydrogen-bond acceptors (Lipinski definition) is 5. The molecule has 0 fully saturated rings. The molecule has 3 amide bonds. The van der Waals surface area contributed by atoms with Crippen molar-refractivity contribution in [3.63, 3.8) is 0 Å². The molecule has 0 spiro atoms. The van der Waals surface area contributed by atoms with Crippen molar-refractivity contribution in [2.75, 3.05) is 10.2 Å². The molecule has 0 radical (unpaired) electrons. The van der Waals surface area contributed by atoms with E-state index in [-0.39, 0.29) is 11.3 Å². The molecule has 0 aliphatic carbocycles. The summed E-state index contributed by atoms with van der Waals surface area (Å²) in [6, 6.07) is 18.1. The molecule has 3 aromatic carbocycles. The van der Waals surface area contributed by atoms with E-state index in [1.54, 1.807) is 48.5 Å². The van der Waals surface area contributed by atoms with Crippen LogP contribution in [-0.2, 0) is 0 Å². The summed E-state index contributed by atoms with van der Waals surface area (Å²) in [4.78, 5) is 48.6. The molecular weight excluding hydrogens is 374 g/mol. The number of non-ortho nitro benzene ring substituents is 1. The second-order valence-electron chi connectivity index (χ2n) is 6.30. The molecule has 0 atom stereocenters. The number of benzene rings is 3. The van der Waals surface area contributed by atoms with E-state index in [0.29, 0.717) is 22.5 Å². The molecule has 8 heteroatoms. The van der Waals surface area contributed by atoms with Crippen molar-refractivity contribution in [3.8, 4) is 0 Å². The standard InChI is InChI=1S/C21H13N3O5/c25-19(13-5-9-16(10-6-13)24(28)29)22-14-7-11-15(12-8-14)23-20(26)17-3-1-2-4-18(17)21(23)27/h1-12H,(H,22,25). The van der Waals surface area contributed by atoms with Gasteiger partial charge >= 0.3 is 0 Å². The highest BCUT2D eigenvalue weighted by Crippen LogP contribution is 2.29. The Labute approximate surface area is 164 Å². The highest BCUT2D eigenvalue weighted by Gasteiger charge is 2.36. The minimum atomic E-state index is -0.542. The van der Waals surface area contributed by atoms with E-state index < -0.39 is 22.6 Å². The number of nitrogens with one attached hydrogen (secondary N) is 1. The Morgan fingerprint density at radius 1 is 0.828 bits per heavy atom. The molecule has 4 rings (SSSR count). The number of carbonyl (C=O) groups is 3. The lowest BCUT2D eigenvalue weighted by Gasteiger charge is -2.14. The van der Waals surface area contributed by atoms with Crippen molar-refractivity contribution in [3.05, 3.63) is 99.6 Å². The zero-order valence-corrected chi connectivity index (χ0v) is 14.9. The van der Waals surface area contributed by atoms with Crippen LogP contribution in [0, 0.1) is 10.1 Å². The van der Waals surface area contributed by atoms with Crippen LogP contribution in [0.25, 0.3) is 0 Å². The lowest BCUT2D eigenvalue weighted by Crippen LogP contribution is -2.29. The number of nitrogens with zero attached hydrogens (tertiary/aromatic N) is 2. The molecule has 1 aliphatic rings. The van der Waals surface area contributed by atoms with Gasteiger partial charge in [0.1, 0.15) is 0 Å². The Morgan fingerprint density at radius 2 is 1.38 bits per heavy atom. The van der Waals surface area contributed by atoms with Gasteiger partial charge < -0.3 is 5.32 Å². The van der Waals surface area contributed by atoms with E-state index in [4.69, 9.17) is 0 Å². The molecule has 8 nitrogen and oxygen atoms in total. The van der Waals surface area contributed by atoms with Gasteiger partial charge in [-0.05, 0) is 48.5 Å². The summed E-state index contributed by atoms with van der Waals surface area (Å²) < 4.78 is 0. The van der Waals surface area contributed by atoms with Crippen LogP contribution in [0.2, 0.25) is 0 Å². The summed E-state index contributed by atoms with van der Waals surface area (Å²) >= 11 is 0. The Bertz CT molecular complexity index is 1120. The number of rotatable bonds is 4. The van der Waals surface area contributed by atoms with Crippen LogP contribution < -0.4 is 10.2 Å². The number of carbonyl (C=O) groups excluding carboxylic acids is 3. The lowest BCUT2D eigenvalue weighted by molar-refractivity contribution is -0.384. The van der Waals surface area contributed by atoms with Crippen molar-refractivity contribution in [1.82, 2.24) is 0 Å². The Hall–Kier alpha value is -4.33. The van der Waals surface area contributed by atoms with Gasteiger partial charge in [0.05, 0.1) is 21.7 Å². The Balaban J connectivity index is 1.50. The first kappa shape index (κ1) is 18.1. The molecule has 0 saturated heterocycles. The van der Waals surface area contributed by atoms with Crippen LogP contribution in [0.4, 0.5) is 17.1 Å². The van der Waals surface area contributed by atoms with Gasteiger partial charge in [-0.2, -0.15) is 0 Å². The second kappa shape index (κ2) is 7.01. The zero-order valence-electron chi connectivity index (χ0n) is 14.9. The van der Waals surface area contributed by atoms with Crippen LogP contribution in [-0.4, -0.2) is 22.6 Å². The predicted octanol–water partition coefficient (Wildman–Crippen LogP) is 3.65. The van der Waals surface area contributed by atoms with Crippen LogP contribution >= 0.6 is 0 Å². The van der Waals surface area contributed by atoms with Gasteiger partial charge in [-0.1, -0.05) is 12.1 Å². The molecule has 1 aliphatic heterocycles. The molecule has 1 N–H and O–H groups in total. The van der Waals surface area contributed by atoms with E-state index >= 15 is 0 Å². The van der Waals surface area contributed by atoms with Gasteiger partial charge in [-0.15, -0.1) is 0 Å². The van der Waals surface area contributed by atoms with Crippen molar-refractivity contribution < 1.29 is 19.3 Å². The number of fused-ring (bicyclic) bond motifs is 1. The van der Waals surface area contributed by atoms with Gasteiger partial charge in [0.15, 0.2) is 0 Å². The summed E-state index contributed by atoms with van der Waals surface area (Å²) in [5.41, 5.74) is 1.71. The molecule has 1 heterocycles. The summed E-state index contributed by atoms with van der Waals surface area (Å²) in [7, 11) is 0. The molecular formula is C21H13N3O5. The molecule has 29 heavy (non-hydrogen) atoms. The van der Waals surface area contributed by atoms with Crippen LogP contribution in [0.1, 0.15) is 31.1 Å². The number of nitro benzene ring substituents is 1. The number of amides is 3. The molecule has 3 aromatic rings. The van der Waals surface area contributed by atoms with Gasteiger partial charge in [0.2, 0.25) is 0 Å². The van der Waals surface area contributed by atoms with E-state index in [1.165, 1.54) is 24.3 Å². The van der Waals surface area contributed by atoms with Crippen LogP contribution in [0.3, 0.4) is 0 Å². The highest BCUT2D eigenvalue weighted by atomic mass is 16.6. The summed E-state index contributed by atoms with van der Waals surface area (Å²) in [5.74, 6) is -1.23. The lowest BCUT2D eigenvalue weighted by atomic mass is 10.1. The minimum Gasteiger partial charge on any atom is -0.322 e. The number of hydrogen-bond donors (Lipinski definition) is 1. The second-order valence-corrected chi connectivity index (χ2v) is 6.30. The van der Waals surface area contributed by atoms with Crippen molar-refractivity contribution >= 4 is 34.8 Å². The highest BCUT2D eigenvalue weighted by molar-refractivity contribution is 6.34. The normalized spacial score (nSPS) is 12.6. The molecule has 0 unspecified atom stereocenters. The van der Waals surface area contributed by atoms with Crippen molar-refractivity contribution in [2.24, 2.45) is 0 Å². The summed E-state index contributed by atoms with van der Waals surface area (Å²) in [5, 5.41) is 13.4. The maximum Gasteiger partial charge on any atom is 0.269 e. The monoisotopic (exact) mass is 387 g/mol. The predicted molar refractivity (Wildman–Crippen MR) is 105 cm³/mol. The fraction of sp³-hybridized carbons (Fsp3) is 0. The minimum absolute atomic E-state index is 0.105. The third kappa shape index (κ3) is 3.23. The maximum absolute atomic E-state index is 12.5. The fourth-order valence-corrected chi connectivity index (χ4v) is 3.06. The topological polar surface area (TPSA) is 110 Å². The van der Waals surface area contributed by atoms with Gasteiger partial charge in [0.25, 0.3) is 23.4 Å². The van der Waals surface area contributed by atoms with Crippen molar-refractivity contribution in [1.29, 1.82) is 0 Å². The van der Waals surface area contributed by atoms with Gasteiger partial charge in [-0.3, -0.25) is 24.5 Å². The van der Waals surface area contributed by atoms with E-state index in [2.05, 4.69) is 5.32 Å². The van der Waals surface area contributed by atoms with Crippen LogP contribution in [0.15, 0.2) is 72.8 Å². The first-order valence-electron chi connectivity index (χ1n) is 8.59. The molecule has 0 saturated carbocycles. The summed E-state index contributed by atoms with van der Waals surface area (Å²) in [6.07, 6.45) is 0. The Kier molecular flexibility index (Phi) is 4.36. The molecule has 142 valence electrons. The zero-order chi connectivity index (χ0) is 20.5. The van der Waals surface area contributed by atoms with E-state index in [1.807, 2.05) is 0 Å². The SMILES string of the molecule is O=C(Nc1ccc(N2C(=O)c3ccccc3C2=O)cc1)c1ccc([N+](=O)[O-])cc1. The van der Waals surface area contributed by atoms with E-state index in [9.17, 15) is 24.5 Å². The molecule has 0 aromatic heterocycles. The molecule has 0 bridgehead atoms. The number of nitro groups is 1. The average Bonchev–Trinajstić information content (AvgIpc) is 2.99. The third-order valence-corrected chi connectivity index (χ3v) is 4.52. The average molecular weight is 387 g/mol. The third-order valence-electron chi connectivity index (χ3n) is 4.52. The quantitative estimate of drug-likeness (QED) is 0.417. The van der Waals surface area contributed by atoms with Crippen molar-refractivity contribution in [2.45, 2.75) is 0 Å². The largest absolute Gasteiger partial charge is 0.322 e. The fourth-order valence-electron chi connectivity index (χ4n) is 3.06. The number of anilines is 2. The number of imide groups is 1. The first-order valence-corrected chi connectivity index (χ1v) is 8.59.